The van der Waals surface area contributed by atoms with E-state index in [0.29, 0.717) is 19.3 Å². The van der Waals surface area contributed by atoms with E-state index < -0.39 is 6.10 Å². The van der Waals surface area contributed by atoms with E-state index in [0.717, 1.165) is 89.9 Å². The molecule has 0 rings (SSSR count). The number of ether oxygens (including phenoxy) is 3. The molecule has 0 fully saturated rings. The van der Waals surface area contributed by atoms with Gasteiger partial charge in [-0.15, -0.1) is 0 Å². The Labute approximate surface area is 336 Å². The van der Waals surface area contributed by atoms with Crippen LogP contribution in [0.25, 0.3) is 0 Å². The summed E-state index contributed by atoms with van der Waals surface area (Å²) in [6.07, 6.45) is 56.5. The molecule has 1 unspecified atom stereocenters. The Morgan fingerprint density at radius 2 is 0.818 bits per heavy atom. The van der Waals surface area contributed by atoms with Crippen molar-refractivity contribution in [3.05, 3.63) is 109 Å². The van der Waals surface area contributed by atoms with E-state index in [1.165, 1.54) is 25.7 Å². The van der Waals surface area contributed by atoms with Gasteiger partial charge in [-0.05, 0) is 83.5 Å². The first kappa shape index (κ1) is 51.1. The summed E-state index contributed by atoms with van der Waals surface area (Å²) in [6.45, 7) is 6.20. The van der Waals surface area contributed by atoms with Gasteiger partial charge in [-0.3, -0.25) is 14.4 Å². The van der Waals surface area contributed by atoms with Crippen LogP contribution in [-0.4, -0.2) is 37.2 Å². The van der Waals surface area contributed by atoms with E-state index in [1.807, 2.05) is 48.6 Å². The van der Waals surface area contributed by atoms with Crippen LogP contribution >= 0.6 is 0 Å². The number of carbonyl (C=O) groups is 3. The van der Waals surface area contributed by atoms with Crippen LogP contribution in [0.1, 0.15) is 162 Å². The lowest BCUT2D eigenvalue weighted by Crippen LogP contribution is -2.30. The maximum Gasteiger partial charge on any atom is 0.306 e. The molecule has 0 saturated heterocycles. The molecule has 308 valence electrons. The van der Waals surface area contributed by atoms with Gasteiger partial charge in [-0.1, -0.05) is 169 Å². The zero-order valence-corrected chi connectivity index (χ0v) is 34.9. The normalized spacial score (nSPS) is 13.1. The molecule has 0 aliphatic heterocycles. The molecular formula is C49H76O6. The van der Waals surface area contributed by atoms with Crippen LogP contribution in [0.5, 0.6) is 0 Å². The average molecular weight is 761 g/mol. The van der Waals surface area contributed by atoms with Crippen molar-refractivity contribution in [2.75, 3.05) is 13.2 Å². The van der Waals surface area contributed by atoms with Crippen molar-refractivity contribution >= 4 is 17.9 Å². The monoisotopic (exact) mass is 761 g/mol. The fourth-order valence-electron chi connectivity index (χ4n) is 5.17. The van der Waals surface area contributed by atoms with Gasteiger partial charge < -0.3 is 14.2 Å². The minimum Gasteiger partial charge on any atom is -0.462 e. The van der Waals surface area contributed by atoms with Gasteiger partial charge in [-0.2, -0.15) is 0 Å². The predicted octanol–water partition coefficient (Wildman–Crippen LogP) is 13.6. The summed E-state index contributed by atoms with van der Waals surface area (Å²) in [7, 11) is 0. The van der Waals surface area contributed by atoms with Gasteiger partial charge >= 0.3 is 17.9 Å². The Hall–Kier alpha value is -3.93. The minimum absolute atomic E-state index is 0.120. The summed E-state index contributed by atoms with van der Waals surface area (Å²) >= 11 is 0. The summed E-state index contributed by atoms with van der Waals surface area (Å²) in [5.41, 5.74) is 0. The Balaban J connectivity index is 4.56. The molecule has 0 aromatic carbocycles. The van der Waals surface area contributed by atoms with Crippen molar-refractivity contribution in [2.45, 2.75) is 168 Å². The van der Waals surface area contributed by atoms with Crippen molar-refractivity contribution in [1.82, 2.24) is 0 Å². The maximum atomic E-state index is 12.6. The van der Waals surface area contributed by atoms with Gasteiger partial charge in [0.05, 0.1) is 0 Å². The van der Waals surface area contributed by atoms with E-state index in [2.05, 4.69) is 81.5 Å². The fraction of sp³-hybridized carbons (Fsp3) is 0.571. The smallest absolute Gasteiger partial charge is 0.306 e. The second-order valence-electron chi connectivity index (χ2n) is 13.6. The van der Waals surface area contributed by atoms with E-state index in [9.17, 15) is 14.4 Å². The lowest BCUT2D eigenvalue weighted by molar-refractivity contribution is -0.167. The highest BCUT2D eigenvalue weighted by Crippen LogP contribution is 2.11. The predicted molar refractivity (Wildman–Crippen MR) is 233 cm³/mol. The van der Waals surface area contributed by atoms with Crippen molar-refractivity contribution in [3.8, 4) is 0 Å². The van der Waals surface area contributed by atoms with E-state index in [4.69, 9.17) is 14.2 Å². The first-order valence-electron chi connectivity index (χ1n) is 21.5. The van der Waals surface area contributed by atoms with Gasteiger partial charge in [0, 0.05) is 19.3 Å². The Bertz CT molecular complexity index is 1200. The van der Waals surface area contributed by atoms with Crippen molar-refractivity contribution < 1.29 is 28.6 Å². The van der Waals surface area contributed by atoms with Crippen molar-refractivity contribution in [2.24, 2.45) is 0 Å². The van der Waals surface area contributed by atoms with E-state index in [-0.39, 0.29) is 37.5 Å². The highest BCUT2D eigenvalue weighted by Gasteiger charge is 2.19. The van der Waals surface area contributed by atoms with Gasteiger partial charge in [0.25, 0.3) is 0 Å². The SMILES string of the molecule is CC\C=C/C=C\C=C/C=C\C=C/CCCCCC(=O)OCC(COC(=O)CCCCCCC/C=C\CCCC)OC(=O)CCC/C=C\C/C=C\C/C=C\CC. The molecule has 0 aliphatic rings. The average Bonchev–Trinajstić information content (AvgIpc) is 3.18. The number of rotatable bonds is 36. The van der Waals surface area contributed by atoms with Crippen LogP contribution in [0.2, 0.25) is 0 Å². The molecular weight excluding hydrogens is 685 g/mol. The van der Waals surface area contributed by atoms with Gasteiger partial charge in [-0.25, -0.2) is 0 Å². The topological polar surface area (TPSA) is 78.9 Å². The highest BCUT2D eigenvalue weighted by atomic mass is 16.6. The third-order valence-electron chi connectivity index (χ3n) is 8.37. The fourth-order valence-corrected chi connectivity index (χ4v) is 5.17. The van der Waals surface area contributed by atoms with Crippen LogP contribution in [0.3, 0.4) is 0 Å². The second kappa shape index (κ2) is 42.8. The summed E-state index contributed by atoms with van der Waals surface area (Å²) in [6, 6.07) is 0. The Kier molecular flexibility index (Phi) is 39.7. The van der Waals surface area contributed by atoms with Crippen LogP contribution in [-0.2, 0) is 28.6 Å². The molecule has 0 aromatic heterocycles. The lowest BCUT2D eigenvalue weighted by atomic mass is 10.1. The minimum atomic E-state index is -0.824. The van der Waals surface area contributed by atoms with Crippen LogP contribution in [0.15, 0.2) is 109 Å². The highest BCUT2D eigenvalue weighted by molar-refractivity contribution is 5.71. The molecule has 0 aromatic rings. The first-order chi connectivity index (χ1) is 27.0. The lowest BCUT2D eigenvalue weighted by Gasteiger charge is -2.18. The molecule has 0 radical (unpaired) electrons. The second-order valence-corrected chi connectivity index (χ2v) is 13.6. The molecule has 0 aliphatic carbocycles. The zero-order chi connectivity index (χ0) is 40.1. The summed E-state index contributed by atoms with van der Waals surface area (Å²) < 4.78 is 16.6. The zero-order valence-electron chi connectivity index (χ0n) is 34.9. The molecule has 0 spiro atoms. The number of esters is 3. The van der Waals surface area contributed by atoms with Crippen LogP contribution in [0, 0.1) is 0 Å². The largest absolute Gasteiger partial charge is 0.462 e. The molecule has 0 amide bonds. The van der Waals surface area contributed by atoms with Gasteiger partial charge in [0.2, 0.25) is 0 Å². The molecule has 1 atom stereocenters. The number of carbonyl (C=O) groups excluding carboxylic acids is 3. The van der Waals surface area contributed by atoms with Gasteiger partial charge in [0.1, 0.15) is 13.2 Å². The molecule has 0 N–H and O–H groups in total. The summed E-state index contributed by atoms with van der Waals surface area (Å²) in [5, 5.41) is 0. The van der Waals surface area contributed by atoms with Crippen molar-refractivity contribution in [3.63, 3.8) is 0 Å². The quantitative estimate of drug-likeness (QED) is 0.0208. The number of allylic oxidation sites excluding steroid dienone is 18. The van der Waals surface area contributed by atoms with E-state index >= 15 is 0 Å². The summed E-state index contributed by atoms with van der Waals surface area (Å²) in [4.78, 5) is 37.6. The summed E-state index contributed by atoms with van der Waals surface area (Å²) in [5.74, 6) is -1.04. The number of hydrogen-bond acceptors (Lipinski definition) is 6. The molecule has 0 heterocycles. The van der Waals surface area contributed by atoms with Crippen LogP contribution in [0.4, 0.5) is 0 Å². The molecule has 0 bridgehead atoms. The Morgan fingerprint density at radius 3 is 1.42 bits per heavy atom. The van der Waals surface area contributed by atoms with Crippen LogP contribution < -0.4 is 0 Å². The molecule has 6 heteroatoms. The molecule has 0 saturated carbocycles. The number of unbranched alkanes of at least 4 members (excludes halogenated alkanes) is 11. The Morgan fingerprint density at radius 1 is 0.400 bits per heavy atom. The third kappa shape index (κ3) is 41.1. The standard InChI is InChI=1S/C49H76O6/c1-4-7-10-13-16-19-22-23-24-25-28-30-33-36-39-42-48(51)54-45-46(55-49(52)43-40-37-34-31-27-21-18-15-12-9-6-3)44-53-47(50)41-38-35-32-29-26-20-17-14-11-8-5-2/h7,9-10,12-14,16-19,21-25,28,31,34,46H,4-6,8,11,15,20,26-27,29-30,32-33,35-45H2,1-3H3/b10-7-,12-9-,16-13-,17-14-,21-18-,22-19-,24-23-,28-25-,34-31-. The molecule has 55 heavy (non-hydrogen) atoms. The first-order valence-corrected chi connectivity index (χ1v) is 21.5. The van der Waals surface area contributed by atoms with Crippen molar-refractivity contribution in [1.29, 1.82) is 0 Å². The molecule has 6 nitrogen and oxygen atoms in total. The number of hydrogen-bond donors (Lipinski definition) is 0. The van der Waals surface area contributed by atoms with E-state index in [1.54, 1.807) is 0 Å². The third-order valence-corrected chi connectivity index (χ3v) is 8.37. The van der Waals surface area contributed by atoms with Gasteiger partial charge in [0.15, 0.2) is 6.10 Å². The maximum absolute atomic E-state index is 12.6.